The number of phenolic OH excluding ortho intramolecular Hbond substituents is 1. The van der Waals surface area contributed by atoms with E-state index < -0.39 is 0 Å². The number of carbonyl (C=O) groups is 1. The first-order chi connectivity index (χ1) is 11.5. The van der Waals surface area contributed by atoms with E-state index >= 15 is 0 Å². The first kappa shape index (κ1) is 16.6. The molecule has 0 radical (unpaired) electrons. The van der Waals surface area contributed by atoms with Crippen LogP contribution in [0.4, 0.5) is 0 Å². The van der Waals surface area contributed by atoms with Gasteiger partial charge in [-0.25, -0.2) is 0 Å². The Bertz CT molecular complexity index is 673. The summed E-state index contributed by atoms with van der Waals surface area (Å²) in [5.74, 6) is 1.98. The van der Waals surface area contributed by atoms with E-state index in [-0.39, 0.29) is 16.3 Å². The van der Waals surface area contributed by atoms with Gasteiger partial charge in [-0.3, -0.25) is 4.79 Å². The molecule has 6 atom stereocenters. The predicted molar refractivity (Wildman–Crippen MR) is 96.6 cm³/mol. The fraction of sp³-hybridized carbons (Fsp3) is 0.650. The molecule has 1 unspecified atom stereocenters. The van der Waals surface area contributed by atoms with Crippen LogP contribution in [0.5, 0.6) is 5.75 Å². The summed E-state index contributed by atoms with van der Waals surface area (Å²) in [7, 11) is 0. The Labute approximate surface area is 151 Å². The number of fused-ring (bicyclic) bond motifs is 5. The Balaban J connectivity index is 1.79. The summed E-state index contributed by atoms with van der Waals surface area (Å²) in [6.07, 6.45) is 3.91. The highest BCUT2D eigenvalue weighted by atomic mass is 79.9. The summed E-state index contributed by atoms with van der Waals surface area (Å²) in [5.41, 5.74) is 2.32. The smallest absolute Gasteiger partial charge is 0.152 e. The highest BCUT2D eigenvalue weighted by Crippen LogP contribution is 2.61. The number of halogens is 1. The minimum Gasteiger partial charge on any atom is -0.508 e. The molecule has 0 amide bonds. The third-order valence-electron chi connectivity index (χ3n) is 6.74. The van der Waals surface area contributed by atoms with Gasteiger partial charge in [0.05, 0.1) is 10.9 Å². The number of aryl methyl sites for hydroxylation is 1. The summed E-state index contributed by atoms with van der Waals surface area (Å²) in [6, 6.07) is 5.79. The summed E-state index contributed by atoms with van der Waals surface area (Å²) in [6.45, 7) is 4.87. The van der Waals surface area contributed by atoms with E-state index in [0.717, 1.165) is 25.7 Å². The number of hydrogen-bond donors (Lipinski definition) is 1. The van der Waals surface area contributed by atoms with Crippen molar-refractivity contribution in [3.8, 4) is 5.75 Å². The van der Waals surface area contributed by atoms with Crippen molar-refractivity contribution in [2.24, 2.45) is 17.3 Å². The largest absolute Gasteiger partial charge is 0.508 e. The molecule has 3 aliphatic rings. The number of hydrogen-bond acceptors (Lipinski definition) is 3. The molecule has 3 nitrogen and oxygen atoms in total. The molecule has 1 N–H and O–H groups in total. The number of ether oxygens (including phenoxy) is 1. The molecule has 0 heterocycles. The van der Waals surface area contributed by atoms with E-state index in [2.05, 4.69) is 28.9 Å². The molecule has 130 valence electrons. The van der Waals surface area contributed by atoms with Crippen LogP contribution in [-0.4, -0.2) is 28.4 Å². The van der Waals surface area contributed by atoms with Crippen LogP contribution in [0.2, 0.25) is 0 Å². The van der Waals surface area contributed by atoms with Crippen molar-refractivity contribution in [3.05, 3.63) is 29.3 Å². The molecule has 0 saturated heterocycles. The zero-order valence-electron chi connectivity index (χ0n) is 14.3. The molecule has 1 aromatic rings. The van der Waals surface area contributed by atoms with Gasteiger partial charge in [0.2, 0.25) is 0 Å². The average Bonchev–Trinajstić information content (AvgIpc) is 2.78. The van der Waals surface area contributed by atoms with Crippen LogP contribution in [0.1, 0.15) is 50.2 Å². The number of rotatable bonds is 2. The lowest BCUT2D eigenvalue weighted by molar-refractivity contribution is -0.136. The fourth-order valence-corrected chi connectivity index (χ4v) is 6.67. The Morgan fingerprint density at radius 1 is 1.42 bits per heavy atom. The van der Waals surface area contributed by atoms with Crippen molar-refractivity contribution in [1.29, 1.82) is 0 Å². The van der Waals surface area contributed by atoms with E-state index in [4.69, 9.17) is 4.74 Å². The maximum Gasteiger partial charge on any atom is 0.152 e. The second-order valence-electron chi connectivity index (χ2n) is 7.90. The Morgan fingerprint density at radius 3 is 2.96 bits per heavy atom. The van der Waals surface area contributed by atoms with Crippen molar-refractivity contribution >= 4 is 21.7 Å². The third-order valence-corrected chi connectivity index (χ3v) is 7.53. The van der Waals surface area contributed by atoms with Crippen molar-refractivity contribution in [3.63, 3.8) is 0 Å². The van der Waals surface area contributed by atoms with Gasteiger partial charge in [0.1, 0.15) is 5.75 Å². The summed E-state index contributed by atoms with van der Waals surface area (Å²) < 4.78 is 6.17. The Morgan fingerprint density at radius 2 is 2.21 bits per heavy atom. The number of Topliss-reactive ketones (excluding diaryl/α,β-unsaturated/α-hetero) is 1. The lowest BCUT2D eigenvalue weighted by atomic mass is 9.54. The van der Waals surface area contributed by atoms with Gasteiger partial charge in [0.25, 0.3) is 0 Å². The minimum absolute atomic E-state index is 0.00487. The van der Waals surface area contributed by atoms with Crippen LogP contribution in [-0.2, 0) is 16.0 Å². The van der Waals surface area contributed by atoms with Crippen LogP contribution in [0.25, 0.3) is 0 Å². The molecule has 4 heteroatoms. The zero-order valence-corrected chi connectivity index (χ0v) is 15.9. The monoisotopic (exact) mass is 392 g/mol. The van der Waals surface area contributed by atoms with E-state index in [1.54, 1.807) is 6.07 Å². The summed E-state index contributed by atoms with van der Waals surface area (Å²) in [5, 5.41) is 9.83. The van der Waals surface area contributed by atoms with Crippen LogP contribution < -0.4 is 0 Å². The second-order valence-corrected chi connectivity index (χ2v) is 9.01. The highest BCUT2D eigenvalue weighted by molar-refractivity contribution is 9.10. The van der Waals surface area contributed by atoms with Crippen molar-refractivity contribution < 1.29 is 14.6 Å². The molecule has 0 spiro atoms. The van der Waals surface area contributed by atoms with Crippen LogP contribution in [0.15, 0.2) is 18.2 Å². The number of alkyl halides is 1. The Hall–Kier alpha value is -0.870. The van der Waals surface area contributed by atoms with E-state index in [9.17, 15) is 9.90 Å². The molecular formula is C20H25BrO3. The first-order valence-corrected chi connectivity index (χ1v) is 9.99. The molecular weight excluding hydrogens is 368 g/mol. The van der Waals surface area contributed by atoms with Gasteiger partial charge < -0.3 is 9.84 Å². The number of aromatic hydroxyl groups is 1. The van der Waals surface area contributed by atoms with Crippen LogP contribution >= 0.6 is 15.9 Å². The van der Waals surface area contributed by atoms with Crippen LogP contribution in [0.3, 0.4) is 0 Å². The fourth-order valence-electron chi connectivity index (χ4n) is 5.75. The van der Waals surface area contributed by atoms with Gasteiger partial charge in [-0.1, -0.05) is 28.9 Å². The highest BCUT2D eigenvalue weighted by Gasteiger charge is 2.60. The number of phenols is 1. The molecule has 0 aliphatic heterocycles. The summed E-state index contributed by atoms with van der Waals surface area (Å²) in [4.78, 5) is 12.8. The van der Waals surface area contributed by atoms with Gasteiger partial charge in [-0.05, 0) is 67.7 Å². The average molecular weight is 393 g/mol. The van der Waals surface area contributed by atoms with Gasteiger partial charge >= 0.3 is 0 Å². The molecule has 24 heavy (non-hydrogen) atoms. The predicted octanol–water partition coefficient (Wildman–Crippen LogP) is 4.21. The van der Waals surface area contributed by atoms with E-state index in [1.807, 2.05) is 13.0 Å². The standard InChI is InChI=1S/C20H25BrO3/c1-3-24-17-10-20(2)15(9-16(21)19(20)23)14-6-4-11-8-12(22)5-7-13(11)18(14)17/h5,7-8,14-18,22H,3-4,6,9-10H2,1-2H3/t14-,15-,16?,17-,18+,20-/m0/s1. The SMILES string of the molecule is CCO[C@H]1C[C@]2(C)C(=O)C(Br)C[C@H]2[C@@H]2CCc3cc(O)ccc3[C@H]21. The molecule has 0 aromatic heterocycles. The molecule has 4 rings (SSSR count). The molecule has 3 aliphatic carbocycles. The van der Waals surface area contributed by atoms with Crippen LogP contribution in [0, 0.1) is 17.3 Å². The zero-order chi connectivity index (χ0) is 17.1. The lowest BCUT2D eigenvalue weighted by Crippen LogP contribution is -2.50. The van der Waals surface area contributed by atoms with E-state index in [0.29, 0.717) is 35.9 Å². The minimum atomic E-state index is -0.260. The third kappa shape index (κ3) is 2.29. The topological polar surface area (TPSA) is 46.5 Å². The molecule has 2 saturated carbocycles. The maximum atomic E-state index is 12.8. The number of benzene rings is 1. The van der Waals surface area contributed by atoms with E-state index in [1.165, 1.54) is 11.1 Å². The second kappa shape index (κ2) is 5.84. The Kier molecular flexibility index (Phi) is 4.04. The van der Waals surface area contributed by atoms with Gasteiger partial charge in [-0.2, -0.15) is 0 Å². The van der Waals surface area contributed by atoms with Crippen molar-refractivity contribution in [1.82, 2.24) is 0 Å². The van der Waals surface area contributed by atoms with Gasteiger partial charge in [0, 0.05) is 17.9 Å². The lowest BCUT2D eigenvalue weighted by Gasteiger charge is -2.51. The first-order valence-electron chi connectivity index (χ1n) is 9.07. The number of ketones is 1. The molecule has 2 fully saturated rings. The molecule has 1 aromatic carbocycles. The van der Waals surface area contributed by atoms with Gasteiger partial charge in [-0.15, -0.1) is 0 Å². The van der Waals surface area contributed by atoms with Gasteiger partial charge in [0.15, 0.2) is 5.78 Å². The number of carbonyl (C=O) groups excluding carboxylic acids is 1. The van der Waals surface area contributed by atoms with Crippen molar-refractivity contribution in [2.75, 3.05) is 6.61 Å². The normalized spacial score (nSPS) is 40.8. The van der Waals surface area contributed by atoms with Crippen molar-refractivity contribution in [2.45, 2.75) is 56.4 Å². The quantitative estimate of drug-likeness (QED) is 0.766. The summed E-state index contributed by atoms with van der Waals surface area (Å²) >= 11 is 3.62. The maximum absolute atomic E-state index is 12.8. The molecule has 0 bridgehead atoms.